The second kappa shape index (κ2) is 8.77. The van der Waals surface area contributed by atoms with Crippen LogP contribution in [0.25, 0.3) is 62.8 Å². The van der Waals surface area contributed by atoms with Crippen LogP contribution in [0.5, 0.6) is 0 Å². The summed E-state index contributed by atoms with van der Waals surface area (Å²) in [5.41, 5.74) is 5.66. The van der Waals surface area contributed by atoms with Gasteiger partial charge in [0.1, 0.15) is 16.9 Å². The number of para-hydroxylation sites is 1. The summed E-state index contributed by atoms with van der Waals surface area (Å²) >= 11 is 3.64. The van der Waals surface area contributed by atoms with E-state index >= 15 is 0 Å². The molecule has 9 aromatic rings. The Labute approximate surface area is 255 Å². The first-order chi connectivity index (χ1) is 21.3. The summed E-state index contributed by atoms with van der Waals surface area (Å²) in [7, 11) is 0. The normalized spacial score (nSPS) is 15.1. The lowest BCUT2D eigenvalue weighted by Gasteiger charge is -2.29. The number of hydrogen-bond acceptors (Lipinski definition) is 4. The van der Waals surface area contributed by atoms with Crippen molar-refractivity contribution in [1.29, 1.82) is 0 Å². The molecular formula is C38H23N3S2. The van der Waals surface area contributed by atoms with Crippen molar-refractivity contribution in [3.63, 3.8) is 0 Å². The third-order valence-electron chi connectivity index (χ3n) is 8.84. The van der Waals surface area contributed by atoms with Gasteiger partial charge in [0.25, 0.3) is 0 Å². The molecule has 1 aliphatic rings. The average molecular weight is 586 g/mol. The fourth-order valence-electron chi connectivity index (χ4n) is 6.96. The maximum absolute atomic E-state index is 5.60. The van der Waals surface area contributed by atoms with Crippen LogP contribution >= 0.6 is 22.7 Å². The second-order valence-corrected chi connectivity index (χ2v) is 13.3. The molecule has 3 aromatic heterocycles. The van der Waals surface area contributed by atoms with Gasteiger partial charge in [0.2, 0.25) is 0 Å². The Morgan fingerprint density at radius 1 is 0.558 bits per heavy atom. The minimum atomic E-state index is -0.201. The molecule has 10 rings (SSSR count). The van der Waals surface area contributed by atoms with E-state index in [9.17, 15) is 0 Å². The molecule has 0 amide bonds. The number of rotatable bonds is 2. The molecule has 1 N–H and O–H groups in total. The number of thiophene rings is 2. The number of nitrogens with zero attached hydrogens (tertiary/aromatic N) is 2. The Balaban J connectivity index is 1.34. The Hall–Kier alpha value is -4.97. The standard InChI is InChI=1S/C38H23N3S2/c1-2-11-23-21-30-28(20-22(23)10-1)24-12-3-6-16-29(24)41(30)37-35(39-36-26-14-5-8-18-32(26)43-38(36)40-37)27-15-9-19-33-34(27)25-13-4-7-17-31(25)42-33/h1-21,37,40H. The number of aromatic nitrogens is 1. The van der Waals surface area contributed by atoms with Gasteiger partial charge in [-0.15, -0.1) is 22.7 Å². The third-order valence-corrected chi connectivity index (χ3v) is 11.1. The van der Waals surface area contributed by atoms with E-state index < -0.39 is 0 Å². The van der Waals surface area contributed by atoms with E-state index in [4.69, 9.17) is 4.99 Å². The lowest BCUT2D eigenvalue weighted by molar-refractivity contribution is 0.763. The van der Waals surface area contributed by atoms with Crippen molar-refractivity contribution in [1.82, 2.24) is 4.57 Å². The molecule has 202 valence electrons. The van der Waals surface area contributed by atoms with Gasteiger partial charge < -0.3 is 9.88 Å². The summed E-state index contributed by atoms with van der Waals surface area (Å²) in [6, 6.07) is 46.2. The maximum Gasteiger partial charge on any atom is 0.149 e. The van der Waals surface area contributed by atoms with Crippen molar-refractivity contribution < 1.29 is 0 Å². The van der Waals surface area contributed by atoms with E-state index in [2.05, 4.69) is 137 Å². The molecule has 5 heteroatoms. The molecule has 6 aromatic carbocycles. The van der Waals surface area contributed by atoms with Gasteiger partial charge in [-0.1, -0.05) is 91.0 Å². The molecule has 0 spiro atoms. The van der Waals surface area contributed by atoms with Gasteiger partial charge in [0, 0.05) is 46.6 Å². The molecule has 0 bridgehead atoms. The Kier molecular flexibility index (Phi) is 4.81. The highest BCUT2D eigenvalue weighted by Gasteiger charge is 2.32. The van der Waals surface area contributed by atoms with Crippen LogP contribution in [0.3, 0.4) is 0 Å². The minimum absolute atomic E-state index is 0.201. The first kappa shape index (κ1) is 23.6. The van der Waals surface area contributed by atoms with Gasteiger partial charge in [-0.25, -0.2) is 4.99 Å². The Morgan fingerprint density at radius 2 is 1.23 bits per heavy atom. The first-order valence-electron chi connectivity index (χ1n) is 14.5. The van der Waals surface area contributed by atoms with Crippen LogP contribution in [0, 0.1) is 0 Å². The van der Waals surface area contributed by atoms with Crippen LogP contribution in [-0.2, 0) is 0 Å². The zero-order valence-electron chi connectivity index (χ0n) is 22.9. The summed E-state index contributed by atoms with van der Waals surface area (Å²) in [6.07, 6.45) is -0.201. The monoisotopic (exact) mass is 585 g/mol. The van der Waals surface area contributed by atoms with E-state index in [0.29, 0.717) is 0 Å². The van der Waals surface area contributed by atoms with Crippen molar-refractivity contribution in [2.24, 2.45) is 4.99 Å². The molecule has 4 heterocycles. The second-order valence-electron chi connectivity index (χ2n) is 11.2. The van der Waals surface area contributed by atoms with E-state index in [1.807, 2.05) is 11.3 Å². The molecule has 1 unspecified atom stereocenters. The third kappa shape index (κ3) is 3.32. The molecule has 0 radical (unpaired) electrons. The maximum atomic E-state index is 5.60. The van der Waals surface area contributed by atoms with Gasteiger partial charge in [0.05, 0.1) is 16.7 Å². The number of hydrogen-bond donors (Lipinski definition) is 1. The van der Waals surface area contributed by atoms with Gasteiger partial charge >= 0.3 is 0 Å². The zero-order chi connectivity index (χ0) is 28.1. The molecule has 1 atom stereocenters. The lowest BCUT2D eigenvalue weighted by Crippen LogP contribution is -2.29. The molecule has 0 aliphatic carbocycles. The first-order valence-corrected chi connectivity index (χ1v) is 16.1. The summed E-state index contributed by atoms with van der Waals surface area (Å²) in [5.74, 6) is 0. The van der Waals surface area contributed by atoms with Crippen molar-refractivity contribution in [3.05, 3.63) is 133 Å². The topological polar surface area (TPSA) is 29.3 Å². The smallest absolute Gasteiger partial charge is 0.149 e. The van der Waals surface area contributed by atoms with E-state index in [1.165, 1.54) is 68.4 Å². The highest BCUT2D eigenvalue weighted by atomic mass is 32.1. The number of fused-ring (bicyclic) bond motifs is 10. The summed E-state index contributed by atoms with van der Waals surface area (Å²) in [4.78, 5) is 5.60. The highest BCUT2D eigenvalue weighted by Crippen LogP contribution is 2.49. The molecule has 0 fully saturated rings. The fourth-order valence-corrected chi connectivity index (χ4v) is 9.16. The summed E-state index contributed by atoms with van der Waals surface area (Å²) in [6.45, 7) is 0. The van der Waals surface area contributed by atoms with Crippen molar-refractivity contribution in [3.8, 4) is 0 Å². The van der Waals surface area contributed by atoms with E-state index in [-0.39, 0.29) is 6.17 Å². The number of nitrogens with one attached hydrogen (secondary N) is 1. The number of benzene rings is 6. The zero-order valence-corrected chi connectivity index (χ0v) is 24.5. The van der Waals surface area contributed by atoms with Gasteiger partial charge in [0.15, 0.2) is 0 Å². The van der Waals surface area contributed by atoms with Crippen LogP contribution in [-0.4, -0.2) is 10.3 Å². The Morgan fingerprint density at radius 3 is 2.09 bits per heavy atom. The SMILES string of the molecule is c1ccc2cc3c(cc2c1)c1ccccc1n3C1Nc2sc3ccccc3c2N=C1c1cccc2sc3ccccc3c12. The largest absolute Gasteiger partial charge is 0.350 e. The molecular weight excluding hydrogens is 563 g/mol. The highest BCUT2D eigenvalue weighted by molar-refractivity contribution is 7.26. The van der Waals surface area contributed by atoms with Crippen LogP contribution in [0.1, 0.15) is 11.7 Å². The minimum Gasteiger partial charge on any atom is -0.350 e. The predicted molar refractivity (Wildman–Crippen MR) is 187 cm³/mol. The number of aliphatic imine (C=N–C) groups is 1. The van der Waals surface area contributed by atoms with E-state index in [0.717, 1.165) is 16.4 Å². The predicted octanol–water partition coefficient (Wildman–Crippen LogP) is 11.3. The van der Waals surface area contributed by atoms with Gasteiger partial charge in [-0.05, 0) is 47.2 Å². The quantitative estimate of drug-likeness (QED) is 0.215. The van der Waals surface area contributed by atoms with Crippen LogP contribution in [0.15, 0.2) is 132 Å². The molecule has 3 nitrogen and oxygen atoms in total. The Bertz CT molecular complexity index is 2620. The molecule has 1 aliphatic heterocycles. The van der Waals surface area contributed by atoms with Crippen LogP contribution in [0.2, 0.25) is 0 Å². The average Bonchev–Trinajstić information content (AvgIpc) is 3.72. The van der Waals surface area contributed by atoms with Gasteiger partial charge in [-0.3, -0.25) is 0 Å². The molecule has 0 saturated heterocycles. The van der Waals surface area contributed by atoms with Crippen LogP contribution < -0.4 is 5.32 Å². The number of anilines is 1. The fraction of sp³-hybridized carbons (Fsp3) is 0.0263. The summed E-state index contributed by atoms with van der Waals surface area (Å²) < 4.78 is 6.32. The van der Waals surface area contributed by atoms with Gasteiger partial charge in [-0.2, -0.15) is 0 Å². The summed E-state index contributed by atoms with van der Waals surface area (Å²) in [5, 5.41) is 13.9. The van der Waals surface area contributed by atoms with E-state index in [1.54, 1.807) is 11.3 Å². The van der Waals surface area contributed by atoms with Crippen molar-refractivity contribution in [2.75, 3.05) is 5.32 Å². The van der Waals surface area contributed by atoms with Crippen LogP contribution in [0.4, 0.5) is 10.7 Å². The van der Waals surface area contributed by atoms with Crippen molar-refractivity contribution >= 4 is 102 Å². The van der Waals surface area contributed by atoms with Crippen molar-refractivity contribution in [2.45, 2.75) is 6.17 Å². The lowest BCUT2D eigenvalue weighted by atomic mass is 9.99. The molecule has 0 saturated carbocycles. The molecule has 43 heavy (non-hydrogen) atoms.